The number of imidazole rings is 1. The molecule has 0 aliphatic heterocycles. The molecule has 4 aromatic rings. The van der Waals surface area contributed by atoms with E-state index in [1.165, 1.54) is 15.7 Å². The highest BCUT2D eigenvalue weighted by Crippen LogP contribution is 2.32. The molecule has 31 heavy (non-hydrogen) atoms. The summed E-state index contributed by atoms with van der Waals surface area (Å²) in [6.07, 6.45) is -0.704. The fraction of sp³-hybridized carbons (Fsp3) is 0.240. The SMILES string of the molecule is CC(C)c1ccccc1-c1c[nH]c(Cc2ccc(-c3nc(C(F)(F)F)cn3C)cc2)c1. The minimum atomic E-state index is -4.45. The molecule has 0 unspecified atom stereocenters. The smallest absolute Gasteiger partial charge is 0.364 e. The highest BCUT2D eigenvalue weighted by molar-refractivity contribution is 5.68. The van der Waals surface area contributed by atoms with Gasteiger partial charge in [0.1, 0.15) is 5.82 Å². The Hall–Kier alpha value is -3.28. The van der Waals surface area contributed by atoms with Crippen LogP contribution in [0.25, 0.3) is 22.5 Å². The van der Waals surface area contributed by atoms with Gasteiger partial charge in [-0.1, -0.05) is 62.4 Å². The highest BCUT2D eigenvalue weighted by atomic mass is 19.4. The van der Waals surface area contributed by atoms with Crippen molar-refractivity contribution in [3.05, 3.63) is 89.5 Å². The van der Waals surface area contributed by atoms with E-state index in [1.54, 1.807) is 7.05 Å². The fourth-order valence-corrected chi connectivity index (χ4v) is 3.83. The number of hydrogen-bond acceptors (Lipinski definition) is 1. The molecule has 0 fully saturated rings. The van der Waals surface area contributed by atoms with Crippen LogP contribution in [-0.2, 0) is 19.6 Å². The molecule has 0 bridgehead atoms. The molecule has 2 aromatic carbocycles. The van der Waals surface area contributed by atoms with E-state index < -0.39 is 11.9 Å². The van der Waals surface area contributed by atoms with Crippen molar-refractivity contribution in [2.45, 2.75) is 32.4 Å². The maximum absolute atomic E-state index is 12.9. The first kappa shape index (κ1) is 21.0. The van der Waals surface area contributed by atoms with Crippen LogP contribution in [0.5, 0.6) is 0 Å². The van der Waals surface area contributed by atoms with Gasteiger partial charge in [0.15, 0.2) is 5.69 Å². The van der Waals surface area contributed by atoms with E-state index in [0.717, 1.165) is 23.0 Å². The van der Waals surface area contributed by atoms with E-state index in [-0.39, 0.29) is 0 Å². The molecule has 0 saturated carbocycles. The van der Waals surface area contributed by atoms with E-state index in [9.17, 15) is 13.2 Å². The summed E-state index contributed by atoms with van der Waals surface area (Å²) in [6.45, 7) is 4.38. The molecule has 6 heteroatoms. The Labute approximate surface area is 179 Å². The Kier molecular flexibility index (Phi) is 5.48. The van der Waals surface area contributed by atoms with Crippen molar-refractivity contribution < 1.29 is 13.2 Å². The second-order valence-electron chi connectivity index (χ2n) is 8.09. The molecule has 0 spiro atoms. The van der Waals surface area contributed by atoms with Gasteiger partial charge in [0.2, 0.25) is 0 Å². The van der Waals surface area contributed by atoms with Crippen molar-refractivity contribution in [2.75, 3.05) is 0 Å². The summed E-state index contributed by atoms with van der Waals surface area (Å²) in [5.41, 5.74) is 5.62. The zero-order valence-corrected chi connectivity index (χ0v) is 17.7. The quantitative estimate of drug-likeness (QED) is 0.376. The first-order valence-corrected chi connectivity index (χ1v) is 10.2. The van der Waals surface area contributed by atoms with Gasteiger partial charge >= 0.3 is 6.18 Å². The molecular weight excluding hydrogens is 399 g/mol. The first-order chi connectivity index (χ1) is 14.7. The Morgan fingerprint density at radius 1 is 1.00 bits per heavy atom. The van der Waals surface area contributed by atoms with Crippen molar-refractivity contribution in [3.63, 3.8) is 0 Å². The van der Waals surface area contributed by atoms with E-state index >= 15 is 0 Å². The number of aromatic amines is 1. The van der Waals surface area contributed by atoms with Gasteiger partial charge in [-0.05, 0) is 34.2 Å². The first-order valence-electron chi connectivity index (χ1n) is 10.2. The molecule has 3 nitrogen and oxygen atoms in total. The van der Waals surface area contributed by atoms with Crippen molar-refractivity contribution in [1.29, 1.82) is 0 Å². The predicted octanol–water partition coefficient (Wildman–Crippen LogP) is 6.82. The van der Waals surface area contributed by atoms with E-state index in [4.69, 9.17) is 0 Å². The summed E-state index contributed by atoms with van der Waals surface area (Å²) in [5.74, 6) is 0.734. The number of nitrogens with one attached hydrogen (secondary N) is 1. The van der Waals surface area contributed by atoms with Gasteiger partial charge in [-0.15, -0.1) is 0 Å². The topological polar surface area (TPSA) is 33.6 Å². The minimum Gasteiger partial charge on any atom is -0.364 e. The molecule has 0 aliphatic rings. The van der Waals surface area contributed by atoms with Gasteiger partial charge in [0.25, 0.3) is 0 Å². The molecule has 0 amide bonds. The normalized spacial score (nSPS) is 12.0. The standard InChI is InChI=1S/C25H24F3N3/c1-16(2)21-6-4-5-7-22(21)19-13-20(29-14-19)12-17-8-10-18(11-9-17)24-30-23(15-31(24)3)25(26,27)28/h4-11,13-16,29H,12H2,1-3H3. The summed E-state index contributed by atoms with van der Waals surface area (Å²) >= 11 is 0. The average molecular weight is 423 g/mol. The molecule has 0 saturated heterocycles. The van der Waals surface area contributed by atoms with E-state index in [0.29, 0.717) is 23.7 Å². The van der Waals surface area contributed by atoms with Gasteiger partial charge in [-0.3, -0.25) is 0 Å². The third-order valence-electron chi connectivity index (χ3n) is 5.41. The maximum Gasteiger partial charge on any atom is 0.434 e. The summed E-state index contributed by atoms with van der Waals surface area (Å²) in [5, 5.41) is 0. The lowest BCUT2D eigenvalue weighted by Gasteiger charge is -2.11. The van der Waals surface area contributed by atoms with Gasteiger partial charge in [0.05, 0.1) is 0 Å². The summed E-state index contributed by atoms with van der Waals surface area (Å²) in [7, 11) is 1.57. The van der Waals surface area contributed by atoms with Crippen molar-refractivity contribution in [1.82, 2.24) is 14.5 Å². The number of H-pyrrole nitrogens is 1. The summed E-state index contributed by atoms with van der Waals surface area (Å²) < 4.78 is 40.2. The second-order valence-corrected chi connectivity index (χ2v) is 8.09. The van der Waals surface area contributed by atoms with Crippen LogP contribution in [0.2, 0.25) is 0 Å². The Morgan fingerprint density at radius 2 is 1.71 bits per heavy atom. The van der Waals surface area contributed by atoms with Crippen LogP contribution in [0.3, 0.4) is 0 Å². The number of aryl methyl sites for hydroxylation is 1. The largest absolute Gasteiger partial charge is 0.434 e. The van der Waals surface area contributed by atoms with Gasteiger partial charge in [0, 0.05) is 37.1 Å². The Bertz CT molecular complexity index is 1180. The monoisotopic (exact) mass is 423 g/mol. The molecule has 2 aromatic heterocycles. The van der Waals surface area contributed by atoms with Crippen LogP contribution in [0.4, 0.5) is 13.2 Å². The predicted molar refractivity (Wildman–Crippen MR) is 117 cm³/mol. The molecule has 2 heterocycles. The summed E-state index contributed by atoms with van der Waals surface area (Å²) in [6, 6.07) is 18.1. The molecule has 160 valence electrons. The van der Waals surface area contributed by atoms with Crippen LogP contribution in [0, 0.1) is 0 Å². The number of benzene rings is 2. The number of aromatic nitrogens is 3. The molecule has 0 atom stereocenters. The number of hydrogen-bond donors (Lipinski definition) is 1. The van der Waals surface area contributed by atoms with Crippen molar-refractivity contribution >= 4 is 0 Å². The minimum absolute atomic E-state index is 0.298. The Morgan fingerprint density at radius 3 is 2.35 bits per heavy atom. The lowest BCUT2D eigenvalue weighted by atomic mass is 9.94. The molecule has 4 rings (SSSR count). The number of alkyl halides is 3. The maximum atomic E-state index is 12.9. The van der Waals surface area contributed by atoms with E-state index in [1.807, 2.05) is 30.5 Å². The van der Waals surface area contributed by atoms with Crippen LogP contribution in [0.1, 0.15) is 42.3 Å². The third kappa shape index (κ3) is 4.43. The van der Waals surface area contributed by atoms with Crippen molar-refractivity contribution in [2.24, 2.45) is 7.05 Å². The molecule has 0 radical (unpaired) electrons. The third-order valence-corrected chi connectivity index (χ3v) is 5.41. The fourth-order valence-electron chi connectivity index (χ4n) is 3.83. The molecule has 1 N–H and O–H groups in total. The van der Waals surface area contributed by atoms with Crippen LogP contribution in [-0.4, -0.2) is 14.5 Å². The average Bonchev–Trinajstić information content (AvgIpc) is 3.35. The van der Waals surface area contributed by atoms with Gasteiger partial charge < -0.3 is 9.55 Å². The molecule has 0 aliphatic carbocycles. The molecular formula is C25H24F3N3. The number of halogens is 3. The van der Waals surface area contributed by atoms with Crippen LogP contribution in [0.15, 0.2) is 67.0 Å². The van der Waals surface area contributed by atoms with E-state index in [2.05, 4.69) is 54.1 Å². The number of rotatable bonds is 5. The lowest BCUT2D eigenvalue weighted by Crippen LogP contribution is -2.04. The Balaban J connectivity index is 1.53. The number of nitrogens with zero attached hydrogens (tertiary/aromatic N) is 2. The highest BCUT2D eigenvalue weighted by Gasteiger charge is 2.34. The van der Waals surface area contributed by atoms with Crippen LogP contribution < -0.4 is 0 Å². The van der Waals surface area contributed by atoms with Gasteiger partial charge in [-0.25, -0.2) is 4.98 Å². The zero-order valence-electron chi connectivity index (χ0n) is 17.7. The van der Waals surface area contributed by atoms with Gasteiger partial charge in [-0.2, -0.15) is 13.2 Å². The zero-order chi connectivity index (χ0) is 22.2. The van der Waals surface area contributed by atoms with Crippen LogP contribution >= 0.6 is 0 Å². The van der Waals surface area contributed by atoms with Crippen molar-refractivity contribution in [3.8, 4) is 22.5 Å². The summed E-state index contributed by atoms with van der Waals surface area (Å²) in [4.78, 5) is 7.11. The lowest BCUT2D eigenvalue weighted by molar-refractivity contribution is -0.140. The second kappa shape index (κ2) is 8.10.